The van der Waals surface area contributed by atoms with Crippen molar-refractivity contribution in [2.75, 3.05) is 11.9 Å². The number of halogens is 1. The molecule has 0 atom stereocenters. The van der Waals surface area contributed by atoms with Gasteiger partial charge in [0.05, 0.1) is 11.4 Å². The van der Waals surface area contributed by atoms with Crippen molar-refractivity contribution >= 4 is 21.9 Å². The van der Waals surface area contributed by atoms with Gasteiger partial charge in [-0.2, -0.15) is 0 Å². The first-order valence-corrected chi connectivity index (χ1v) is 8.03. The number of benzene rings is 1. The summed E-state index contributed by atoms with van der Waals surface area (Å²) in [6, 6.07) is 6.41. The molecule has 1 aromatic heterocycles. The van der Waals surface area contributed by atoms with Crippen LogP contribution in [0, 0.1) is 6.92 Å². The minimum atomic E-state index is 0.938. The molecule has 0 bridgehead atoms. The number of hydrogen-bond donors (Lipinski definition) is 1. The zero-order chi connectivity index (χ0) is 14.5. The van der Waals surface area contributed by atoms with Crippen LogP contribution >= 0.6 is 15.9 Å². The maximum atomic E-state index is 4.60. The van der Waals surface area contributed by atoms with E-state index < -0.39 is 0 Å². The molecule has 0 spiro atoms. The molecule has 0 aliphatic heterocycles. The molecule has 0 amide bonds. The van der Waals surface area contributed by atoms with Gasteiger partial charge in [0, 0.05) is 17.2 Å². The SMILES string of the molecule is CCCCNc1nc(C)cn1-c1ccc(Br)cc1CC. The lowest BCUT2D eigenvalue weighted by molar-refractivity contribution is 0.822. The van der Waals surface area contributed by atoms with Crippen LogP contribution in [0.4, 0.5) is 5.95 Å². The van der Waals surface area contributed by atoms with Crippen molar-refractivity contribution in [2.24, 2.45) is 0 Å². The van der Waals surface area contributed by atoms with Crippen molar-refractivity contribution in [2.45, 2.75) is 40.0 Å². The van der Waals surface area contributed by atoms with Crippen LogP contribution in [0.1, 0.15) is 37.9 Å². The van der Waals surface area contributed by atoms with Crippen LogP contribution in [0.5, 0.6) is 0 Å². The molecule has 1 N–H and O–H groups in total. The Labute approximate surface area is 129 Å². The summed E-state index contributed by atoms with van der Waals surface area (Å²) in [5, 5.41) is 3.44. The fraction of sp³-hybridized carbons (Fsp3) is 0.438. The molecule has 0 saturated carbocycles. The van der Waals surface area contributed by atoms with Crippen molar-refractivity contribution in [3.05, 3.63) is 40.1 Å². The first-order chi connectivity index (χ1) is 9.65. The molecule has 4 heteroatoms. The molecule has 2 aromatic rings. The lowest BCUT2D eigenvalue weighted by Gasteiger charge is -2.13. The molecule has 1 heterocycles. The molecule has 1 aromatic carbocycles. The Morgan fingerprint density at radius 3 is 2.80 bits per heavy atom. The second-order valence-electron chi connectivity index (χ2n) is 4.98. The number of aryl methyl sites for hydroxylation is 2. The molecule has 0 radical (unpaired) electrons. The maximum absolute atomic E-state index is 4.60. The highest BCUT2D eigenvalue weighted by molar-refractivity contribution is 9.10. The molecule has 0 aliphatic carbocycles. The lowest BCUT2D eigenvalue weighted by Crippen LogP contribution is -2.08. The van der Waals surface area contributed by atoms with Gasteiger partial charge in [0.25, 0.3) is 0 Å². The van der Waals surface area contributed by atoms with Crippen molar-refractivity contribution in [3.8, 4) is 5.69 Å². The van der Waals surface area contributed by atoms with E-state index in [0.717, 1.165) is 35.5 Å². The Morgan fingerprint density at radius 2 is 2.10 bits per heavy atom. The van der Waals surface area contributed by atoms with Crippen molar-refractivity contribution in [1.82, 2.24) is 9.55 Å². The summed E-state index contributed by atoms with van der Waals surface area (Å²) in [5.41, 5.74) is 3.56. The van der Waals surface area contributed by atoms with Crippen LogP contribution in [0.15, 0.2) is 28.9 Å². The van der Waals surface area contributed by atoms with E-state index in [2.05, 4.69) is 69.0 Å². The normalized spacial score (nSPS) is 10.8. The third kappa shape index (κ3) is 3.42. The van der Waals surface area contributed by atoms with Crippen LogP contribution in [0.3, 0.4) is 0 Å². The minimum Gasteiger partial charge on any atom is -0.355 e. The van der Waals surface area contributed by atoms with Gasteiger partial charge in [-0.3, -0.25) is 4.57 Å². The van der Waals surface area contributed by atoms with Gasteiger partial charge in [-0.15, -0.1) is 0 Å². The van der Waals surface area contributed by atoms with Gasteiger partial charge in [0.2, 0.25) is 5.95 Å². The number of unbranched alkanes of at least 4 members (excludes halogenated alkanes) is 1. The topological polar surface area (TPSA) is 29.9 Å². The van der Waals surface area contributed by atoms with E-state index in [1.807, 2.05) is 6.92 Å². The Morgan fingerprint density at radius 1 is 1.30 bits per heavy atom. The summed E-state index contributed by atoms with van der Waals surface area (Å²) in [4.78, 5) is 4.60. The summed E-state index contributed by atoms with van der Waals surface area (Å²) in [5.74, 6) is 0.938. The van der Waals surface area contributed by atoms with Crippen LogP contribution in [-0.2, 0) is 6.42 Å². The predicted molar refractivity (Wildman–Crippen MR) is 88.8 cm³/mol. The Bertz CT molecular complexity index is 575. The smallest absolute Gasteiger partial charge is 0.207 e. The molecule has 3 nitrogen and oxygen atoms in total. The second-order valence-corrected chi connectivity index (χ2v) is 5.90. The molecule has 0 unspecified atom stereocenters. The van der Waals surface area contributed by atoms with Gasteiger partial charge in [-0.05, 0) is 43.5 Å². The van der Waals surface area contributed by atoms with Gasteiger partial charge in [-0.1, -0.05) is 36.2 Å². The largest absolute Gasteiger partial charge is 0.355 e. The highest BCUT2D eigenvalue weighted by Gasteiger charge is 2.10. The number of aromatic nitrogens is 2. The van der Waals surface area contributed by atoms with Crippen molar-refractivity contribution in [3.63, 3.8) is 0 Å². The third-order valence-corrected chi connectivity index (χ3v) is 3.82. The Kier molecular flexibility index (Phi) is 5.24. The average molecular weight is 336 g/mol. The van der Waals surface area contributed by atoms with Gasteiger partial charge in [0.15, 0.2) is 0 Å². The minimum absolute atomic E-state index is 0.938. The van der Waals surface area contributed by atoms with Crippen molar-refractivity contribution < 1.29 is 0 Å². The number of nitrogens with zero attached hydrogens (tertiary/aromatic N) is 2. The van der Waals surface area contributed by atoms with E-state index in [9.17, 15) is 0 Å². The van der Waals surface area contributed by atoms with Gasteiger partial charge < -0.3 is 5.32 Å². The molecule has 0 saturated heterocycles. The van der Waals surface area contributed by atoms with E-state index >= 15 is 0 Å². The van der Waals surface area contributed by atoms with E-state index in [1.54, 1.807) is 0 Å². The molecular formula is C16H22BrN3. The summed E-state index contributed by atoms with van der Waals surface area (Å²) in [7, 11) is 0. The standard InChI is InChI=1S/C16H22BrN3/c1-4-6-9-18-16-19-12(3)11-20(16)15-8-7-14(17)10-13(15)5-2/h7-8,10-11H,4-6,9H2,1-3H3,(H,18,19). The first-order valence-electron chi connectivity index (χ1n) is 7.24. The quantitative estimate of drug-likeness (QED) is 0.774. The zero-order valence-corrected chi connectivity index (χ0v) is 14.0. The van der Waals surface area contributed by atoms with Crippen LogP contribution < -0.4 is 5.32 Å². The van der Waals surface area contributed by atoms with E-state index in [4.69, 9.17) is 0 Å². The summed E-state index contributed by atoms with van der Waals surface area (Å²) >= 11 is 3.54. The predicted octanol–water partition coefficient (Wildman–Crippen LogP) is 4.72. The number of nitrogens with one attached hydrogen (secondary N) is 1. The van der Waals surface area contributed by atoms with Gasteiger partial charge in [-0.25, -0.2) is 4.98 Å². The number of rotatable bonds is 6. The number of imidazole rings is 1. The highest BCUT2D eigenvalue weighted by atomic mass is 79.9. The maximum Gasteiger partial charge on any atom is 0.207 e. The molecule has 108 valence electrons. The fourth-order valence-corrected chi connectivity index (χ4v) is 2.66. The number of anilines is 1. The molecular weight excluding hydrogens is 314 g/mol. The fourth-order valence-electron chi connectivity index (χ4n) is 2.26. The third-order valence-electron chi connectivity index (χ3n) is 3.32. The number of hydrogen-bond acceptors (Lipinski definition) is 2. The van der Waals surface area contributed by atoms with Gasteiger partial charge in [0.1, 0.15) is 0 Å². The Hall–Kier alpha value is -1.29. The summed E-state index contributed by atoms with van der Waals surface area (Å²) < 4.78 is 3.28. The molecule has 0 aliphatic rings. The molecule has 20 heavy (non-hydrogen) atoms. The van der Waals surface area contributed by atoms with Crippen LogP contribution in [-0.4, -0.2) is 16.1 Å². The van der Waals surface area contributed by atoms with E-state index in [0.29, 0.717) is 0 Å². The van der Waals surface area contributed by atoms with Gasteiger partial charge >= 0.3 is 0 Å². The summed E-state index contributed by atoms with van der Waals surface area (Å²) in [6.07, 6.45) is 5.44. The first kappa shape index (κ1) is 15.1. The highest BCUT2D eigenvalue weighted by Crippen LogP contribution is 2.24. The zero-order valence-electron chi connectivity index (χ0n) is 12.4. The lowest BCUT2D eigenvalue weighted by atomic mass is 10.1. The van der Waals surface area contributed by atoms with Crippen LogP contribution in [0.2, 0.25) is 0 Å². The van der Waals surface area contributed by atoms with Crippen LogP contribution in [0.25, 0.3) is 5.69 Å². The average Bonchev–Trinajstić information content (AvgIpc) is 2.80. The second kappa shape index (κ2) is 6.93. The monoisotopic (exact) mass is 335 g/mol. The summed E-state index contributed by atoms with van der Waals surface area (Å²) in [6.45, 7) is 7.37. The molecule has 0 fully saturated rings. The van der Waals surface area contributed by atoms with E-state index in [-0.39, 0.29) is 0 Å². The molecule has 2 rings (SSSR count). The van der Waals surface area contributed by atoms with Crippen molar-refractivity contribution in [1.29, 1.82) is 0 Å². The van der Waals surface area contributed by atoms with E-state index in [1.165, 1.54) is 17.7 Å². The Balaban J connectivity index is 2.36.